The number of anilines is 1. The summed E-state index contributed by atoms with van der Waals surface area (Å²) in [5.41, 5.74) is -0.323. The first-order valence-corrected chi connectivity index (χ1v) is 28.1. The summed E-state index contributed by atoms with van der Waals surface area (Å²) in [6, 6.07) is 9.98. The third kappa shape index (κ3) is 20.0. The van der Waals surface area contributed by atoms with Crippen LogP contribution < -0.4 is 20.0 Å². The summed E-state index contributed by atoms with van der Waals surface area (Å²) in [6.07, 6.45) is 17.3. The molecule has 1 heterocycles. The van der Waals surface area contributed by atoms with E-state index in [1.54, 1.807) is 30.3 Å². The van der Waals surface area contributed by atoms with Crippen LogP contribution in [0.3, 0.4) is 0 Å². The number of azo groups is 1. The molecule has 0 aliphatic rings. The zero-order valence-electron chi connectivity index (χ0n) is 46.3. The highest BCUT2D eigenvalue weighted by Crippen LogP contribution is 2.38. The van der Waals surface area contributed by atoms with Gasteiger partial charge in [-0.1, -0.05) is 133 Å². The van der Waals surface area contributed by atoms with Gasteiger partial charge in [0, 0.05) is 57.1 Å². The van der Waals surface area contributed by atoms with E-state index in [4.69, 9.17) is 13.9 Å². The Morgan fingerprint density at radius 1 is 0.611 bits per heavy atom. The van der Waals surface area contributed by atoms with Gasteiger partial charge >= 0.3 is 5.63 Å². The second-order valence-corrected chi connectivity index (χ2v) is 19.6. The number of benzene rings is 2. The van der Waals surface area contributed by atoms with Crippen molar-refractivity contribution < 1.29 is 33.4 Å². The van der Waals surface area contributed by atoms with Crippen molar-refractivity contribution in [3.63, 3.8) is 0 Å². The van der Waals surface area contributed by atoms with Crippen LogP contribution in [0.4, 0.5) is 17.1 Å². The topological polar surface area (TPSA) is 158 Å². The molecule has 3 rings (SSSR count). The van der Waals surface area contributed by atoms with Crippen molar-refractivity contribution in [2.75, 3.05) is 63.9 Å². The minimum absolute atomic E-state index is 0.00434. The zero-order chi connectivity index (χ0) is 52.8. The number of aromatic hydroxyl groups is 1. The Kier molecular flexibility index (Phi) is 29.1. The maximum absolute atomic E-state index is 14.1. The van der Waals surface area contributed by atoms with Crippen molar-refractivity contribution in [1.29, 1.82) is 0 Å². The Hall–Kier alpha value is -5.14. The molecular weight excluding hydrogens is 909 g/mol. The predicted molar refractivity (Wildman–Crippen MR) is 293 cm³/mol. The van der Waals surface area contributed by atoms with Crippen molar-refractivity contribution in [2.45, 2.75) is 191 Å². The number of carbonyl (C=O) groups excluding carboxylic acids is 3. The van der Waals surface area contributed by atoms with E-state index < -0.39 is 17.1 Å². The molecule has 2 unspecified atom stereocenters. The largest absolute Gasteiger partial charge is 0.505 e. The van der Waals surface area contributed by atoms with E-state index >= 15 is 0 Å². The summed E-state index contributed by atoms with van der Waals surface area (Å²) < 4.78 is 18.3. The molecule has 0 saturated heterocycles. The standard InChI is InChI=1S/C58H94N6O8/c1-11-21-27-44(17-7)39-64(40-45(18-8)28-22-12-2)55(67)43-70-48-30-31-49-51(38-48)72-58(69)56(57(49)68)60-59-50-32-29-46(37-52(50)71-47(19-9)20-10)63(41-53(65)61(33-23-13-3)34-24-14-4)42-54(66)62(35-25-15-5)36-26-16-6/h29-32,37-38,44-45,47,68H,11-28,33-36,39-43H2,1-10H3. The number of fused-ring (bicyclic) bond motifs is 1. The van der Waals surface area contributed by atoms with Gasteiger partial charge in [0.15, 0.2) is 12.4 Å². The summed E-state index contributed by atoms with van der Waals surface area (Å²) >= 11 is 0. The summed E-state index contributed by atoms with van der Waals surface area (Å²) in [7, 11) is 0. The van der Waals surface area contributed by atoms with Gasteiger partial charge in [-0.05, 0) is 87.5 Å². The number of amides is 3. The van der Waals surface area contributed by atoms with E-state index in [0.717, 1.165) is 103 Å². The highest BCUT2D eigenvalue weighted by molar-refractivity contribution is 5.89. The van der Waals surface area contributed by atoms with E-state index in [1.165, 1.54) is 6.07 Å². The van der Waals surface area contributed by atoms with Crippen LogP contribution in [0.5, 0.6) is 17.2 Å². The first kappa shape index (κ1) is 61.2. The van der Waals surface area contributed by atoms with E-state index in [2.05, 4.69) is 65.6 Å². The minimum Gasteiger partial charge on any atom is -0.505 e. The number of ether oxygens (including phenoxy) is 2. The molecule has 3 amide bonds. The molecule has 1 aromatic heterocycles. The highest BCUT2D eigenvalue weighted by atomic mass is 16.5. The molecule has 0 saturated carbocycles. The molecule has 3 aromatic rings. The Bertz CT molecular complexity index is 2070. The van der Waals surface area contributed by atoms with Gasteiger partial charge in [0.1, 0.15) is 22.8 Å². The summed E-state index contributed by atoms with van der Waals surface area (Å²) in [6.45, 7) is 25.1. The zero-order valence-corrected chi connectivity index (χ0v) is 46.3. The number of rotatable bonds is 38. The van der Waals surface area contributed by atoms with Crippen molar-refractivity contribution in [2.24, 2.45) is 22.1 Å². The lowest BCUT2D eigenvalue weighted by atomic mass is 9.95. The number of nitrogens with zero attached hydrogens (tertiary/aromatic N) is 6. The predicted octanol–water partition coefficient (Wildman–Crippen LogP) is 13.8. The van der Waals surface area contributed by atoms with Crippen LogP contribution in [-0.2, 0) is 14.4 Å². The Morgan fingerprint density at radius 2 is 1.12 bits per heavy atom. The highest BCUT2D eigenvalue weighted by Gasteiger charge is 2.26. The van der Waals surface area contributed by atoms with E-state index in [0.29, 0.717) is 81.1 Å². The van der Waals surface area contributed by atoms with Crippen molar-refractivity contribution >= 4 is 45.8 Å². The fourth-order valence-electron chi connectivity index (χ4n) is 8.80. The first-order chi connectivity index (χ1) is 34.8. The van der Waals surface area contributed by atoms with Crippen molar-refractivity contribution in [3.05, 3.63) is 46.8 Å². The molecule has 0 bridgehead atoms. The van der Waals surface area contributed by atoms with Crippen LogP contribution in [0.15, 0.2) is 55.8 Å². The smallest absolute Gasteiger partial charge is 0.368 e. The van der Waals surface area contributed by atoms with Crippen LogP contribution in [0.1, 0.15) is 185 Å². The van der Waals surface area contributed by atoms with Gasteiger partial charge < -0.3 is 38.6 Å². The van der Waals surface area contributed by atoms with Crippen molar-refractivity contribution in [3.8, 4) is 17.2 Å². The molecule has 0 radical (unpaired) electrons. The maximum atomic E-state index is 14.1. The Morgan fingerprint density at radius 3 is 1.60 bits per heavy atom. The third-order valence-corrected chi connectivity index (χ3v) is 13.8. The molecule has 2 atom stereocenters. The number of hydrogen-bond donors (Lipinski definition) is 1. The molecule has 0 aliphatic carbocycles. The van der Waals surface area contributed by atoms with Gasteiger partial charge in [-0.2, -0.15) is 0 Å². The van der Waals surface area contributed by atoms with Gasteiger partial charge in [-0.15, -0.1) is 10.2 Å². The summed E-state index contributed by atoms with van der Waals surface area (Å²) in [5, 5.41) is 20.4. The molecule has 404 valence electrons. The molecule has 0 spiro atoms. The van der Waals surface area contributed by atoms with Gasteiger partial charge in [0.05, 0.1) is 24.6 Å². The molecule has 2 aromatic carbocycles. The number of hydrogen-bond acceptors (Lipinski definition) is 11. The molecule has 0 aliphatic heterocycles. The fourth-order valence-corrected chi connectivity index (χ4v) is 8.80. The van der Waals surface area contributed by atoms with Gasteiger partial charge in [-0.25, -0.2) is 4.79 Å². The van der Waals surface area contributed by atoms with Crippen molar-refractivity contribution in [1.82, 2.24) is 14.7 Å². The van der Waals surface area contributed by atoms with Gasteiger partial charge in [-0.3, -0.25) is 14.4 Å². The van der Waals surface area contributed by atoms with Crippen LogP contribution >= 0.6 is 0 Å². The van der Waals surface area contributed by atoms with Crippen LogP contribution in [0.25, 0.3) is 11.0 Å². The molecule has 14 nitrogen and oxygen atoms in total. The van der Waals surface area contributed by atoms with E-state index in [-0.39, 0.29) is 60.2 Å². The fraction of sp³-hybridized carbons (Fsp3) is 0.690. The molecule has 0 fully saturated rings. The molecular formula is C58H94N6O8. The lowest BCUT2D eigenvalue weighted by Crippen LogP contribution is -2.46. The van der Waals surface area contributed by atoms with Crippen LogP contribution in [-0.4, -0.2) is 103 Å². The van der Waals surface area contributed by atoms with Crippen LogP contribution in [0.2, 0.25) is 0 Å². The quantitative estimate of drug-likeness (QED) is 0.0436. The average Bonchev–Trinajstić information content (AvgIpc) is 3.38. The first-order valence-electron chi connectivity index (χ1n) is 28.1. The second kappa shape index (κ2) is 34.3. The Balaban J connectivity index is 2.01. The molecule has 1 N–H and O–H groups in total. The minimum atomic E-state index is -0.910. The Labute approximate surface area is 433 Å². The van der Waals surface area contributed by atoms with Gasteiger partial charge in [0.2, 0.25) is 17.5 Å². The van der Waals surface area contributed by atoms with Crippen LogP contribution in [0, 0.1) is 11.8 Å². The maximum Gasteiger partial charge on any atom is 0.368 e. The van der Waals surface area contributed by atoms with Gasteiger partial charge in [0.25, 0.3) is 5.91 Å². The normalized spacial score (nSPS) is 12.4. The summed E-state index contributed by atoms with van der Waals surface area (Å²) in [5.74, 6) is 0.941. The van der Waals surface area contributed by atoms with E-state index in [9.17, 15) is 24.3 Å². The number of carbonyl (C=O) groups is 3. The van der Waals surface area contributed by atoms with E-state index in [1.807, 2.05) is 33.4 Å². The number of unbranched alkanes of at least 4 members (excludes halogenated alkanes) is 6. The lowest BCUT2D eigenvalue weighted by molar-refractivity contribution is -0.135. The molecule has 72 heavy (non-hydrogen) atoms. The molecule has 14 heteroatoms. The SMILES string of the molecule is CCCCC(CC)CN(CC(CC)CCCC)C(=O)COc1ccc2c(O)c(N=Nc3ccc(N(CC(=O)N(CCCC)CCCC)CC(=O)N(CCCC)CCCC)cc3OC(CC)CC)c(=O)oc2c1. The summed E-state index contributed by atoms with van der Waals surface area (Å²) in [4.78, 5) is 63.3. The monoisotopic (exact) mass is 1000 g/mol. The lowest BCUT2D eigenvalue weighted by Gasteiger charge is -2.31. The average molecular weight is 1000 g/mol. The second-order valence-electron chi connectivity index (χ2n) is 19.6. The third-order valence-electron chi connectivity index (χ3n) is 13.8.